The Bertz CT molecular complexity index is 1010. The minimum Gasteiger partial charge on any atom is -0.508 e. The first-order chi connectivity index (χ1) is 14.1. The molecule has 148 valence electrons. The highest BCUT2D eigenvalue weighted by Gasteiger charge is 2.12. The smallest absolute Gasteiger partial charge is 0.271 e. The predicted molar refractivity (Wildman–Crippen MR) is 115 cm³/mol. The predicted octanol–water partition coefficient (Wildman–Crippen LogP) is 4.51. The Kier molecular flexibility index (Phi) is 6.86. The highest BCUT2D eigenvalue weighted by Crippen LogP contribution is 2.36. The van der Waals surface area contributed by atoms with E-state index in [1.165, 1.54) is 30.5 Å². The number of aromatic hydroxyl groups is 1. The van der Waals surface area contributed by atoms with Gasteiger partial charge in [0.1, 0.15) is 12.4 Å². The number of halogens is 1. The van der Waals surface area contributed by atoms with Crippen LogP contribution in [0.5, 0.6) is 17.2 Å². The van der Waals surface area contributed by atoms with Crippen LogP contribution in [0, 0.1) is 0 Å². The van der Waals surface area contributed by atoms with E-state index in [0.29, 0.717) is 33.7 Å². The van der Waals surface area contributed by atoms with Gasteiger partial charge in [-0.3, -0.25) is 4.79 Å². The summed E-state index contributed by atoms with van der Waals surface area (Å²) in [6.07, 6.45) is 1.51. The summed E-state index contributed by atoms with van der Waals surface area (Å²) in [5.41, 5.74) is 4.60. The number of methoxy groups -OCH3 is 1. The molecule has 3 aromatic carbocycles. The second-order valence-corrected chi connectivity index (χ2v) is 6.91. The van der Waals surface area contributed by atoms with Crippen LogP contribution in [0.2, 0.25) is 0 Å². The maximum Gasteiger partial charge on any atom is 0.271 e. The van der Waals surface area contributed by atoms with Gasteiger partial charge in [0, 0.05) is 5.56 Å². The molecule has 1 amide bonds. The van der Waals surface area contributed by atoms with Gasteiger partial charge in [-0.15, -0.1) is 0 Å². The van der Waals surface area contributed by atoms with Gasteiger partial charge >= 0.3 is 0 Å². The molecule has 3 aromatic rings. The van der Waals surface area contributed by atoms with Crippen molar-refractivity contribution in [3.8, 4) is 17.2 Å². The molecule has 0 fully saturated rings. The van der Waals surface area contributed by atoms with E-state index in [9.17, 15) is 9.90 Å². The fourth-order valence-electron chi connectivity index (χ4n) is 2.53. The number of phenols is 1. The van der Waals surface area contributed by atoms with Crippen LogP contribution in [0.15, 0.2) is 76.3 Å². The first-order valence-corrected chi connectivity index (χ1v) is 9.53. The highest BCUT2D eigenvalue weighted by molar-refractivity contribution is 9.10. The number of hydrogen-bond acceptors (Lipinski definition) is 5. The maximum absolute atomic E-state index is 12.0. The maximum atomic E-state index is 12.0. The average Bonchev–Trinajstić information content (AvgIpc) is 2.73. The van der Waals surface area contributed by atoms with Gasteiger partial charge in [0.15, 0.2) is 11.5 Å². The molecule has 0 radical (unpaired) electrons. The van der Waals surface area contributed by atoms with Gasteiger partial charge in [-0.05, 0) is 63.5 Å². The Morgan fingerprint density at radius 1 is 1.14 bits per heavy atom. The molecule has 0 bridgehead atoms. The van der Waals surface area contributed by atoms with Gasteiger partial charge in [0.05, 0.1) is 17.8 Å². The summed E-state index contributed by atoms with van der Waals surface area (Å²) >= 11 is 3.50. The molecular weight excluding hydrogens is 436 g/mol. The van der Waals surface area contributed by atoms with Crippen molar-refractivity contribution in [2.75, 3.05) is 7.11 Å². The van der Waals surface area contributed by atoms with Gasteiger partial charge in [-0.25, -0.2) is 5.43 Å². The number of hydrogen-bond donors (Lipinski definition) is 2. The normalized spacial score (nSPS) is 10.7. The monoisotopic (exact) mass is 454 g/mol. The number of ether oxygens (including phenoxy) is 2. The zero-order valence-electron chi connectivity index (χ0n) is 15.6. The average molecular weight is 455 g/mol. The Balaban J connectivity index is 1.68. The van der Waals surface area contributed by atoms with Crippen molar-refractivity contribution in [1.29, 1.82) is 0 Å². The first-order valence-electron chi connectivity index (χ1n) is 8.73. The summed E-state index contributed by atoms with van der Waals surface area (Å²) in [6.45, 7) is 0.409. The van der Waals surface area contributed by atoms with Gasteiger partial charge < -0.3 is 14.6 Å². The molecule has 6 nitrogen and oxygen atoms in total. The van der Waals surface area contributed by atoms with Crippen LogP contribution in [0.1, 0.15) is 21.5 Å². The lowest BCUT2D eigenvalue weighted by Crippen LogP contribution is -2.17. The van der Waals surface area contributed by atoms with E-state index in [4.69, 9.17) is 9.47 Å². The Hall–Kier alpha value is -3.32. The molecule has 0 heterocycles. The molecule has 0 aliphatic rings. The highest BCUT2D eigenvalue weighted by atomic mass is 79.9. The molecule has 0 spiro atoms. The van der Waals surface area contributed by atoms with E-state index in [2.05, 4.69) is 26.5 Å². The van der Waals surface area contributed by atoms with Crippen molar-refractivity contribution in [3.63, 3.8) is 0 Å². The third-order valence-corrected chi connectivity index (χ3v) is 4.58. The molecule has 0 unspecified atom stereocenters. The molecule has 0 saturated heterocycles. The van der Waals surface area contributed by atoms with Crippen LogP contribution in [0.25, 0.3) is 0 Å². The van der Waals surface area contributed by atoms with Crippen molar-refractivity contribution in [3.05, 3.63) is 87.9 Å². The number of hydrazone groups is 1. The summed E-state index contributed by atoms with van der Waals surface area (Å²) in [7, 11) is 1.56. The lowest BCUT2D eigenvalue weighted by Gasteiger charge is -2.13. The molecule has 0 aliphatic carbocycles. The van der Waals surface area contributed by atoms with Gasteiger partial charge in [0.2, 0.25) is 0 Å². The van der Waals surface area contributed by atoms with Crippen LogP contribution >= 0.6 is 15.9 Å². The minimum atomic E-state index is -0.380. The summed E-state index contributed by atoms with van der Waals surface area (Å²) in [5, 5.41) is 13.3. The first kappa shape index (κ1) is 20.4. The van der Waals surface area contributed by atoms with Crippen molar-refractivity contribution >= 4 is 28.1 Å². The fraction of sp³-hybridized carbons (Fsp3) is 0.0909. The van der Waals surface area contributed by atoms with E-state index in [0.717, 1.165) is 5.56 Å². The molecule has 0 aromatic heterocycles. The second-order valence-electron chi connectivity index (χ2n) is 6.05. The van der Waals surface area contributed by atoms with Crippen LogP contribution in [0.3, 0.4) is 0 Å². The standard InChI is InChI=1S/C22H19BrN2O4/c1-28-20-12-16(13-24-25-22(27)17-7-9-18(26)10-8-17)11-19(23)21(20)29-14-15-5-3-2-4-6-15/h2-13,26H,14H2,1H3,(H,25,27)/b24-13-. The molecule has 0 atom stereocenters. The summed E-state index contributed by atoms with van der Waals surface area (Å²) in [6, 6.07) is 19.3. The van der Waals surface area contributed by atoms with Gasteiger partial charge in [0.25, 0.3) is 5.91 Å². The number of nitrogens with zero attached hydrogens (tertiary/aromatic N) is 1. The lowest BCUT2D eigenvalue weighted by atomic mass is 10.2. The number of phenolic OH excluding ortho intramolecular Hbond substituents is 1. The molecule has 29 heavy (non-hydrogen) atoms. The van der Waals surface area contributed by atoms with Crippen LogP contribution in [-0.4, -0.2) is 24.3 Å². The summed E-state index contributed by atoms with van der Waals surface area (Å²) < 4.78 is 12.0. The van der Waals surface area contributed by atoms with E-state index in [1.807, 2.05) is 36.4 Å². The van der Waals surface area contributed by atoms with Crippen molar-refractivity contribution < 1.29 is 19.4 Å². The quantitative estimate of drug-likeness (QED) is 0.406. The Labute approximate surface area is 176 Å². The molecular formula is C22H19BrN2O4. The SMILES string of the molecule is COc1cc(/C=N\NC(=O)c2ccc(O)cc2)cc(Br)c1OCc1ccccc1. The van der Waals surface area contributed by atoms with E-state index >= 15 is 0 Å². The van der Waals surface area contributed by atoms with Gasteiger partial charge in [-0.2, -0.15) is 5.10 Å². The minimum absolute atomic E-state index is 0.0940. The van der Waals surface area contributed by atoms with Crippen LogP contribution < -0.4 is 14.9 Å². The van der Waals surface area contributed by atoms with Crippen molar-refractivity contribution in [1.82, 2.24) is 5.43 Å². The van der Waals surface area contributed by atoms with Crippen LogP contribution in [0.4, 0.5) is 0 Å². The van der Waals surface area contributed by atoms with E-state index < -0.39 is 0 Å². The Morgan fingerprint density at radius 3 is 2.55 bits per heavy atom. The zero-order chi connectivity index (χ0) is 20.6. The number of benzene rings is 3. The van der Waals surface area contributed by atoms with Gasteiger partial charge in [-0.1, -0.05) is 30.3 Å². The second kappa shape index (κ2) is 9.75. The number of rotatable bonds is 7. The summed E-state index contributed by atoms with van der Waals surface area (Å²) in [5.74, 6) is 0.843. The van der Waals surface area contributed by atoms with E-state index in [1.54, 1.807) is 13.2 Å². The van der Waals surface area contributed by atoms with Crippen molar-refractivity contribution in [2.45, 2.75) is 6.61 Å². The number of nitrogens with one attached hydrogen (secondary N) is 1. The number of amides is 1. The topological polar surface area (TPSA) is 80.2 Å². The molecule has 2 N–H and O–H groups in total. The third kappa shape index (κ3) is 5.58. The summed E-state index contributed by atoms with van der Waals surface area (Å²) in [4.78, 5) is 12.0. The van der Waals surface area contributed by atoms with E-state index in [-0.39, 0.29) is 11.7 Å². The largest absolute Gasteiger partial charge is 0.508 e. The lowest BCUT2D eigenvalue weighted by molar-refractivity contribution is 0.0955. The van der Waals surface area contributed by atoms with Crippen LogP contribution in [-0.2, 0) is 6.61 Å². The molecule has 3 rings (SSSR count). The molecule has 0 aliphatic heterocycles. The third-order valence-electron chi connectivity index (χ3n) is 3.99. The number of carbonyl (C=O) groups excluding carboxylic acids is 1. The number of carbonyl (C=O) groups is 1. The zero-order valence-corrected chi connectivity index (χ0v) is 17.2. The fourth-order valence-corrected chi connectivity index (χ4v) is 3.10. The molecule has 7 heteroatoms. The van der Waals surface area contributed by atoms with Crippen molar-refractivity contribution in [2.24, 2.45) is 5.10 Å². The Morgan fingerprint density at radius 2 is 1.86 bits per heavy atom. The molecule has 0 saturated carbocycles.